The summed E-state index contributed by atoms with van der Waals surface area (Å²) < 4.78 is 11.1. The van der Waals surface area contributed by atoms with Gasteiger partial charge in [-0.3, -0.25) is 0 Å². The van der Waals surface area contributed by atoms with Crippen LogP contribution in [0.3, 0.4) is 0 Å². The third kappa shape index (κ3) is 6.01. The van der Waals surface area contributed by atoms with Crippen molar-refractivity contribution in [3.05, 3.63) is 42.0 Å². The normalized spacial score (nSPS) is 19.3. The molecule has 0 bridgehead atoms. The van der Waals surface area contributed by atoms with Crippen LogP contribution in [0.4, 0.5) is 0 Å². The second-order valence-corrected chi connectivity index (χ2v) is 4.73. The van der Waals surface area contributed by atoms with Crippen molar-refractivity contribution < 1.29 is 9.47 Å². The van der Waals surface area contributed by atoms with Crippen molar-refractivity contribution in [2.24, 2.45) is 0 Å². The minimum atomic E-state index is 0.415. The summed E-state index contributed by atoms with van der Waals surface area (Å²) >= 11 is 0. The lowest BCUT2D eigenvalue weighted by Crippen LogP contribution is -2.29. The maximum atomic E-state index is 5.53. The summed E-state index contributed by atoms with van der Waals surface area (Å²) in [5.41, 5.74) is 1.21. The number of ether oxygens (including phenoxy) is 2. The molecule has 1 aliphatic rings. The van der Waals surface area contributed by atoms with Crippen LogP contribution < -0.4 is 5.32 Å². The van der Waals surface area contributed by atoms with E-state index in [1.165, 1.54) is 18.4 Å². The second-order valence-electron chi connectivity index (χ2n) is 4.73. The second kappa shape index (κ2) is 8.86. The van der Waals surface area contributed by atoms with E-state index in [-0.39, 0.29) is 0 Å². The van der Waals surface area contributed by atoms with E-state index in [0.29, 0.717) is 12.7 Å². The molecule has 1 aromatic rings. The maximum Gasteiger partial charge on any atom is 0.0700 e. The van der Waals surface area contributed by atoms with Gasteiger partial charge >= 0.3 is 0 Å². The first-order valence-corrected chi connectivity index (χ1v) is 7.07. The van der Waals surface area contributed by atoms with E-state index in [1.807, 2.05) is 18.2 Å². The lowest BCUT2D eigenvalue weighted by atomic mass is 10.2. The van der Waals surface area contributed by atoms with Crippen LogP contribution in [0.2, 0.25) is 0 Å². The molecule has 1 aromatic carbocycles. The molecule has 3 heteroatoms. The third-order valence-corrected chi connectivity index (χ3v) is 3.14. The zero-order valence-corrected chi connectivity index (χ0v) is 11.4. The molecule has 1 saturated heterocycles. The van der Waals surface area contributed by atoms with Crippen LogP contribution in [0.1, 0.15) is 18.4 Å². The van der Waals surface area contributed by atoms with Crippen LogP contribution in [0, 0.1) is 0 Å². The molecule has 1 unspecified atom stereocenters. The first kappa shape index (κ1) is 14.3. The van der Waals surface area contributed by atoms with Gasteiger partial charge in [-0.1, -0.05) is 42.5 Å². The summed E-state index contributed by atoms with van der Waals surface area (Å²) in [6.45, 7) is 4.16. The Kier molecular flexibility index (Phi) is 6.65. The van der Waals surface area contributed by atoms with Gasteiger partial charge in [0, 0.05) is 19.7 Å². The number of benzene rings is 1. The van der Waals surface area contributed by atoms with E-state index >= 15 is 0 Å². The molecule has 0 radical (unpaired) electrons. The van der Waals surface area contributed by atoms with Gasteiger partial charge in [0.15, 0.2) is 0 Å². The van der Waals surface area contributed by atoms with Gasteiger partial charge in [0.2, 0.25) is 0 Å². The van der Waals surface area contributed by atoms with Crippen LogP contribution in [0.5, 0.6) is 0 Å². The molecular weight excluding hydrogens is 238 g/mol. The van der Waals surface area contributed by atoms with Crippen LogP contribution in [0.15, 0.2) is 36.4 Å². The average molecular weight is 261 g/mol. The van der Waals surface area contributed by atoms with Crippen molar-refractivity contribution in [2.75, 3.05) is 32.9 Å². The SMILES string of the molecule is C(=Cc1ccccc1)COCCNCC1CCCO1. The van der Waals surface area contributed by atoms with E-state index in [0.717, 1.165) is 26.3 Å². The van der Waals surface area contributed by atoms with Gasteiger partial charge in [-0.25, -0.2) is 0 Å². The Labute approximate surface area is 115 Å². The van der Waals surface area contributed by atoms with Crippen molar-refractivity contribution in [2.45, 2.75) is 18.9 Å². The Morgan fingerprint density at radius 3 is 3.00 bits per heavy atom. The molecule has 19 heavy (non-hydrogen) atoms. The highest BCUT2D eigenvalue weighted by Gasteiger charge is 2.13. The summed E-state index contributed by atoms with van der Waals surface area (Å²) in [5.74, 6) is 0. The number of nitrogens with one attached hydrogen (secondary N) is 1. The molecule has 2 rings (SSSR count). The van der Waals surface area contributed by atoms with Gasteiger partial charge in [0.25, 0.3) is 0 Å². The summed E-state index contributed by atoms with van der Waals surface area (Å²) in [6, 6.07) is 10.3. The monoisotopic (exact) mass is 261 g/mol. The molecule has 0 aromatic heterocycles. The van der Waals surface area contributed by atoms with Gasteiger partial charge in [-0.2, -0.15) is 0 Å². The first-order chi connectivity index (χ1) is 9.45. The van der Waals surface area contributed by atoms with E-state index in [9.17, 15) is 0 Å². The van der Waals surface area contributed by atoms with Gasteiger partial charge < -0.3 is 14.8 Å². The van der Waals surface area contributed by atoms with Crippen molar-refractivity contribution in [1.29, 1.82) is 0 Å². The molecule has 0 amide bonds. The average Bonchev–Trinajstić information content (AvgIpc) is 2.96. The molecule has 3 nitrogen and oxygen atoms in total. The van der Waals surface area contributed by atoms with Gasteiger partial charge in [0.1, 0.15) is 0 Å². The Morgan fingerprint density at radius 2 is 2.21 bits per heavy atom. The third-order valence-electron chi connectivity index (χ3n) is 3.14. The van der Waals surface area contributed by atoms with E-state index in [1.54, 1.807) is 0 Å². The van der Waals surface area contributed by atoms with Gasteiger partial charge in [0.05, 0.1) is 19.3 Å². The van der Waals surface area contributed by atoms with Crippen LogP contribution >= 0.6 is 0 Å². The number of hydrogen-bond donors (Lipinski definition) is 1. The zero-order valence-electron chi connectivity index (χ0n) is 11.4. The number of rotatable bonds is 8. The molecule has 1 aliphatic heterocycles. The fourth-order valence-corrected chi connectivity index (χ4v) is 2.11. The summed E-state index contributed by atoms with van der Waals surface area (Å²) in [4.78, 5) is 0. The lowest BCUT2D eigenvalue weighted by Gasteiger charge is -2.10. The van der Waals surface area contributed by atoms with Crippen molar-refractivity contribution in [1.82, 2.24) is 5.32 Å². The van der Waals surface area contributed by atoms with Crippen LogP contribution in [0.25, 0.3) is 6.08 Å². The Morgan fingerprint density at radius 1 is 1.32 bits per heavy atom. The Balaban J connectivity index is 1.45. The van der Waals surface area contributed by atoms with Crippen molar-refractivity contribution in [3.8, 4) is 0 Å². The maximum absolute atomic E-state index is 5.53. The van der Waals surface area contributed by atoms with E-state index < -0.39 is 0 Å². The molecule has 1 N–H and O–H groups in total. The largest absolute Gasteiger partial charge is 0.377 e. The fraction of sp³-hybridized carbons (Fsp3) is 0.500. The van der Waals surface area contributed by atoms with Crippen molar-refractivity contribution in [3.63, 3.8) is 0 Å². The highest BCUT2D eigenvalue weighted by Crippen LogP contribution is 2.10. The van der Waals surface area contributed by atoms with Crippen molar-refractivity contribution >= 4 is 6.08 Å². The van der Waals surface area contributed by atoms with Crippen LogP contribution in [-0.4, -0.2) is 39.0 Å². The number of hydrogen-bond acceptors (Lipinski definition) is 3. The Bertz CT molecular complexity index is 358. The molecular formula is C16H23NO2. The highest BCUT2D eigenvalue weighted by atomic mass is 16.5. The summed E-state index contributed by atoms with van der Waals surface area (Å²) in [7, 11) is 0. The van der Waals surface area contributed by atoms with E-state index in [2.05, 4.69) is 29.6 Å². The van der Waals surface area contributed by atoms with Gasteiger partial charge in [-0.15, -0.1) is 0 Å². The first-order valence-electron chi connectivity index (χ1n) is 7.07. The predicted molar refractivity (Wildman–Crippen MR) is 78.1 cm³/mol. The fourth-order valence-electron chi connectivity index (χ4n) is 2.11. The summed E-state index contributed by atoms with van der Waals surface area (Å²) in [5, 5.41) is 3.36. The Hall–Kier alpha value is -1.16. The van der Waals surface area contributed by atoms with Crippen LogP contribution in [-0.2, 0) is 9.47 Å². The molecule has 0 spiro atoms. The quantitative estimate of drug-likeness (QED) is 0.729. The predicted octanol–water partition coefficient (Wildman–Crippen LogP) is 2.49. The minimum absolute atomic E-state index is 0.415. The molecule has 0 saturated carbocycles. The zero-order chi connectivity index (χ0) is 13.2. The highest BCUT2D eigenvalue weighted by molar-refractivity contribution is 5.48. The minimum Gasteiger partial charge on any atom is -0.377 e. The standard InChI is InChI=1S/C16H23NO2/c1-2-6-15(7-3-1)8-4-11-18-13-10-17-14-16-9-5-12-19-16/h1-4,6-8,16-17H,5,9-14H2. The summed E-state index contributed by atoms with van der Waals surface area (Å²) in [6.07, 6.45) is 6.94. The van der Waals surface area contributed by atoms with E-state index in [4.69, 9.17) is 9.47 Å². The lowest BCUT2D eigenvalue weighted by molar-refractivity contribution is 0.105. The topological polar surface area (TPSA) is 30.5 Å². The molecule has 1 heterocycles. The van der Waals surface area contributed by atoms with Gasteiger partial charge in [-0.05, 0) is 18.4 Å². The molecule has 1 atom stereocenters. The smallest absolute Gasteiger partial charge is 0.0700 e. The molecule has 1 fully saturated rings. The molecule has 104 valence electrons. The molecule has 0 aliphatic carbocycles.